The largest absolute Gasteiger partial charge is 0.399 e. The summed E-state index contributed by atoms with van der Waals surface area (Å²) in [5.74, 6) is 2.06. The summed E-state index contributed by atoms with van der Waals surface area (Å²) in [7, 11) is 0. The minimum atomic E-state index is 0.844. The van der Waals surface area contributed by atoms with Crippen LogP contribution < -0.4 is 5.73 Å². The zero-order valence-electron chi connectivity index (χ0n) is 8.15. The van der Waals surface area contributed by atoms with E-state index in [1.807, 2.05) is 23.9 Å². The third kappa shape index (κ3) is 2.55. The molecule has 1 aliphatic carbocycles. The van der Waals surface area contributed by atoms with Crippen LogP contribution in [0.25, 0.3) is 0 Å². The van der Waals surface area contributed by atoms with E-state index in [-0.39, 0.29) is 0 Å². The Hall–Kier alpha value is -0.890. The van der Waals surface area contributed by atoms with E-state index < -0.39 is 0 Å². The summed E-state index contributed by atoms with van der Waals surface area (Å²) < 4.78 is 0. The second-order valence-corrected chi connectivity index (χ2v) is 4.78. The number of thioether (sulfide) groups is 1. The highest BCUT2D eigenvalue weighted by molar-refractivity contribution is 7.99. The molecule has 0 aliphatic heterocycles. The van der Waals surface area contributed by atoms with Gasteiger partial charge < -0.3 is 5.73 Å². The van der Waals surface area contributed by atoms with Crippen molar-refractivity contribution in [1.82, 2.24) is 0 Å². The second-order valence-electron chi connectivity index (χ2n) is 3.69. The molecule has 0 bridgehead atoms. The molecule has 0 fully saturated rings. The molecule has 0 atom stereocenters. The smallest absolute Gasteiger partial charge is 0.0314 e. The topological polar surface area (TPSA) is 26.0 Å². The Bertz CT molecular complexity index is 308. The van der Waals surface area contributed by atoms with Gasteiger partial charge in [0.05, 0.1) is 0 Å². The molecule has 0 unspecified atom stereocenters. The van der Waals surface area contributed by atoms with E-state index in [4.69, 9.17) is 5.73 Å². The molecule has 0 radical (unpaired) electrons. The Balaban J connectivity index is 1.82. The van der Waals surface area contributed by atoms with Gasteiger partial charge in [-0.15, -0.1) is 11.8 Å². The van der Waals surface area contributed by atoms with E-state index >= 15 is 0 Å². The molecule has 1 nitrogen and oxygen atoms in total. The quantitative estimate of drug-likeness (QED) is 0.465. The molecule has 1 aromatic carbocycles. The van der Waals surface area contributed by atoms with Crippen LogP contribution in [0.3, 0.4) is 0 Å². The van der Waals surface area contributed by atoms with Crippen LogP contribution in [0.1, 0.15) is 12.8 Å². The van der Waals surface area contributed by atoms with Crippen LogP contribution in [0.5, 0.6) is 0 Å². The number of nitrogens with two attached hydrogens (primary N) is 1. The molecule has 1 aromatic rings. The molecule has 14 heavy (non-hydrogen) atoms. The number of rotatable bonds is 3. The van der Waals surface area contributed by atoms with Gasteiger partial charge in [0.1, 0.15) is 0 Å². The van der Waals surface area contributed by atoms with Gasteiger partial charge in [0.2, 0.25) is 0 Å². The molecule has 2 heteroatoms. The van der Waals surface area contributed by atoms with Crippen molar-refractivity contribution in [3.05, 3.63) is 36.4 Å². The van der Waals surface area contributed by atoms with Crippen molar-refractivity contribution >= 4 is 17.4 Å². The molecule has 0 saturated carbocycles. The van der Waals surface area contributed by atoms with E-state index in [9.17, 15) is 0 Å². The normalized spacial score (nSPS) is 16.3. The predicted molar refractivity (Wildman–Crippen MR) is 63.4 cm³/mol. The molecule has 0 aromatic heterocycles. The highest BCUT2D eigenvalue weighted by atomic mass is 32.2. The molecule has 0 heterocycles. The average molecular weight is 205 g/mol. The zero-order valence-corrected chi connectivity index (χ0v) is 8.96. The van der Waals surface area contributed by atoms with Gasteiger partial charge >= 0.3 is 0 Å². The van der Waals surface area contributed by atoms with Gasteiger partial charge in [0, 0.05) is 16.3 Å². The fraction of sp³-hybridized carbons (Fsp3) is 0.333. The number of allylic oxidation sites excluding steroid dienone is 2. The third-order valence-corrected chi connectivity index (χ3v) is 3.71. The molecule has 0 spiro atoms. The number of hydrogen-bond donors (Lipinski definition) is 1. The molecule has 0 saturated heterocycles. The van der Waals surface area contributed by atoms with Crippen molar-refractivity contribution in [2.45, 2.75) is 17.7 Å². The average Bonchev–Trinajstić information content (AvgIpc) is 2.70. The van der Waals surface area contributed by atoms with Gasteiger partial charge in [-0.05, 0) is 43.0 Å². The van der Waals surface area contributed by atoms with Crippen LogP contribution in [-0.2, 0) is 0 Å². The second kappa shape index (κ2) is 4.56. The Morgan fingerprint density at radius 2 is 1.79 bits per heavy atom. The van der Waals surface area contributed by atoms with Crippen molar-refractivity contribution in [3.63, 3.8) is 0 Å². The third-order valence-electron chi connectivity index (χ3n) is 2.47. The molecular weight excluding hydrogens is 190 g/mol. The summed E-state index contributed by atoms with van der Waals surface area (Å²) in [4.78, 5) is 1.33. The van der Waals surface area contributed by atoms with Gasteiger partial charge in [-0.2, -0.15) is 0 Å². The molecule has 2 N–H and O–H groups in total. The van der Waals surface area contributed by atoms with E-state index in [0.29, 0.717) is 0 Å². The monoisotopic (exact) mass is 205 g/mol. The fourth-order valence-electron chi connectivity index (χ4n) is 1.59. The lowest BCUT2D eigenvalue weighted by molar-refractivity contribution is 0.649. The first-order valence-corrected chi connectivity index (χ1v) is 5.96. The zero-order chi connectivity index (χ0) is 9.80. The summed E-state index contributed by atoms with van der Waals surface area (Å²) >= 11 is 1.93. The van der Waals surface area contributed by atoms with Crippen LogP contribution in [0.2, 0.25) is 0 Å². The lowest BCUT2D eigenvalue weighted by Crippen LogP contribution is -1.96. The molecular formula is C12H15NS. The van der Waals surface area contributed by atoms with Crippen molar-refractivity contribution in [1.29, 1.82) is 0 Å². The van der Waals surface area contributed by atoms with Crippen LogP contribution in [-0.4, -0.2) is 5.75 Å². The van der Waals surface area contributed by atoms with Gasteiger partial charge in [-0.1, -0.05) is 12.2 Å². The summed E-state index contributed by atoms with van der Waals surface area (Å²) in [5, 5.41) is 0. The SMILES string of the molecule is Nc1ccc(SCC2CC=CC2)cc1. The van der Waals surface area contributed by atoms with Gasteiger partial charge in [-0.3, -0.25) is 0 Å². The van der Waals surface area contributed by atoms with Crippen LogP contribution in [0, 0.1) is 5.92 Å². The van der Waals surface area contributed by atoms with Gasteiger partial charge in [0.15, 0.2) is 0 Å². The summed E-state index contributed by atoms with van der Waals surface area (Å²) in [6.45, 7) is 0. The fourth-order valence-corrected chi connectivity index (χ4v) is 2.62. The lowest BCUT2D eigenvalue weighted by atomic mass is 10.1. The summed E-state index contributed by atoms with van der Waals surface area (Å²) in [6, 6.07) is 8.13. The molecule has 74 valence electrons. The summed E-state index contributed by atoms with van der Waals surface area (Å²) in [6.07, 6.45) is 7.08. The maximum Gasteiger partial charge on any atom is 0.0314 e. The minimum Gasteiger partial charge on any atom is -0.399 e. The Morgan fingerprint density at radius 3 is 2.43 bits per heavy atom. The number of benzene rings is 1. The van der Waals surface area contributed by atoms with Gasteiger partial charge in [-0.25, -0.2) is 0 Å². The maximum atomic E-state index is 5.63. The van der Waals surface area contributed by atoms with Crippen molar-refractivity contribution in [2.24, 2.45) is 5.92 Å². The van der Waals surface area contributed by atoms with Crippen LogP contribution >= 0.6 is 11.8 Å². The first kappa shape index (κ1) is 9.66. The highest BCUT2D eigenvalue weighted by Gasteiger charge is 2.09. The lowest BCUT2D eigenvalue weighted by Gasteiger charge is -2.08. The number of hydrogen-bond acceptors (Lipinski definition) is 2. The van der Waals surface area contributed by atoms with E-state index in [1.165, 1.54) is 23.5 Å². The van der Waals surface area contributed by atoms with Crippen molar-refractivity contribution in [3.8, 4) is 0 Å². The van der Waals surface area contributed by atoms with Crippen molar-refractivity contribution < 1.29 is 0 Å². The highest BCUT2D eigenvalue weighted by Crippen LogP contribution is 2.27. The maximum absolute atomic E-state index is 5.63. The molecule has 2 rings (SSSR count). The minimum absolute atomic E-state index is 0.844. The molecule has 1 aliphatic rings. The van der Waals surface area contributed by atoms with Crippen LogP contribution in [0.15, 0.2) is 41.3 Å². The standard InChI is InChI=1S/C12H15NS/c13-11-5-7-12(8-6-11)14-9-10-3-1-2-4-10/h1-2,5-8,10H,3-4,9,13H2. The Kier molecular flexibility index (Phi) is 3.14. The predicted octanol–water partition coefficient (Wildman–Crippen LogP) is 3.33. The van der Waals surface area contributed by atoms with E-state index in [0.717, 1.165) is 11.6 Å². The first-order valence-electron chi connectivity index (χ1n) is 4.98. The molecule has 0 amide bonds. The van der Waals surface area contributed by atoms with E-state index in [2.05, 4.69) is 24.3 Å². The number of nitrogen functional groups attached to an aromatic ring is 1. The number of anilines is 1. The Labute approximate surface area is 89.4 Å². The van der Waals surface area contributed by atoms with E-state index in [1.54, 1.807) is 0 Å². The van der Waals surface area contributed by atoms with Crippen molar-refractivity contribution in [2.75, 3.05) is 11.5 Å². The Morgan fingerprint density at radius 1 is 1.14 bits per heavy atom. The van der Waals surface area contributed by atoms with Gasteiger partial charge in [0.25, 0.3) is 0 Å². The van der Waals surface area contributed by atoms with Crippen LogP contribution in [0.4, 0.5) is 5.69 Å². The summed E-state index contributed by atoms with van der Waals surface area (Å²) in [5.41, 5.74) is 6.47. The first-order chi connectivity index (χ1) is 6.84.